The highest BCUT2D eigenvalue weighted by Crippen LogP contribution is 2.29. The second kappa shape index (κ2) is 9.36. The lowest BCUT2D eigenvalue weighted by Gasteiger charge is -2.12. The molecule has 5 nitrogen and oxygen atoms in total. The molecule has 0 atom stereocenters. The van der Waals surface area contributed by atoms with E-state index in [1.54, 1.807) is 18.2 Å². The van der Waals surface area contributed by atoms with Crippen LogP contribution in [0.2, 0.25) is 0 Å². The maximum atomic E-state index is 8.81. The third-order valence-corrected chi connectivity index (χ3v) is 3.64. The van der Waals surface area contributed by atoms with Gasteiger partial charge in [-0.15, -0.1) is 0 Å². The fourth-order valence-electron chi connectivity index (χ4n) is 2.02. The number of hydrogen-bond donors (Lipinski definition) is 0. The van der Waals surface area contributed by atoms with Crippen molar-refractivity contribution in [2.24, 2.45) is 0 Å². The second-order valence-corrected chi connectivity index (χ2v) is 5.76. The van der Waals surface area contributed by atoms with Crippen molar-refractivity contribution in [2.75, 3.05) is 20.3 Å². The highest BCUT2D eigenvalue weighted by molar-refractivity contribution is 9.10. The zero-order valence-corrected chi connectivity index (χ0v) is 15.1. The van der Waals surface area contributed by atoms with E-state index >= 15 is 0 Å². The predicted octanol–water partition coefficient (Wildman–Crippen LogP) is 4.35. The minimum atomic E-state index is 0.0261. The van der Waals surface area contributed by atoms with Crippen molar-refractivity contribution >= 4 is 22.0 Å². The van der Waals surface area contributed by atoms with Crippen molar-refractivity contribution in [1.82, 2.24) is 0 Å². The number of nitrogens with zero attached hydrogens (tertiary/aromatic N) is 2. The fraction of sp³-hybridized carbons (Fsp3) is 0.158. The Morgan fingerprint density at radius 2 is 1.80 bits per heavy atom. The Hall–Kier alpha value is -2.96. The van der Waals surface area contributed by atoms with E-state index in [0.29, 0.717) is 30.3 Å². The zero-order chi connectivity index (χ0) is 18.1. The summed E-state index contributed by atoms with van der Waals surface area (Å²) in [6.45, 7) is 0.730. The summed E-state index contributed by atoms with van der Waals surface area (Å²) >= 11 is 3.39. The molecule has 0 spiro atoms. The molecule has 126 valence electrons. The number of methoxy groups -OCH3 is 1. The van der Waals surface area contributed by atoms with Gasteiger partial charge in [-0.2, -0.15) is 10.5 Å². The Labute approximate surface area is 154 Å². The molecule has 0 radical (unpaired) electrons. The first-order chi connectivity index (χ1) is 12.2. The van der Waals surface area contributed by atoms with Gasteiger partial charge in [0.1, 0.15) is 36.7 Å². The molecule has 0 aliphatic rings. The van der Waals surface area contributed by atoms with Gasteiger partial charge < -0.3 is 14.2 Å². The topological polar surface area (TPSA) is 75.3 Å². The van der Waals surface area contributed by atoms with Crippen LogP contribution in [0.3, 0.4) is 0 Å². The summed E-state index contributed by atoms with van der Waals surface area (Å²) in [4.78, 5) is 0. The summed E-state index contributed by atoms with van der Waals surface area (Å²) in [7, 11) is 1.53. The summed E-state index contributed by atoms with van der Waals surface area (Å²) in [5.74, 6) is 1.84. The monoisotopic (exact) mass is 398 g/mol. The maximum absolute atomic E-state index is 8.81. The molecular formula is C19H15BrN2O3. The lowest BCUT2D eigenvalue weighted by atomic mass is 10.1. The fourth-order valence-corrected chi connectivity index (χ4v) is 2.40. The molecule has 0 fully saturated rings. The van der Waals surface area contributed by atoms with Gasteiger partial charge in [-0.05, 0) is 42.0 Å². The van der Waals surface area contributed by atoms with Crippen LogP contribution >= 0.6 is 15.9 Å². The van der Waals surface area contributed by atoms with Crippen molar-refractivity contribution in [2.45, 2.75) is 0 Å². The Morgan fingerprint density at radius 1 is 1.04 bits per heavy atom. The van der Waals surface area contributed by atoms with Crippen molar-refractivity contribution in [3.05, 3.63) is 58.1 Å². The van der Waals surface area contributed by atoms with E-state index in [1.807, 2.05) is 36.4 Å². The summed E-state index contributed by atoms with van der Waals surface area (Å²) in [5.41, 5.74) is 0.714. The minimum Gasteiger partial charge on any atom is -0.493 e. The number of allylic oxidation sites excluding steroid dienone is 1. The molecule has 0 aromatic heterocycles. The lowest BCUT2D eigenvalue weighted by molar-refractivity contribution is 0.211. The first-order valence-electron chi connectivity index (χ1n) is 7.37. The average Bonchev–Trinajstić information content (AvgIpc) is 2.64. The van der Waals surface area contributed by atoms with Crippen molar-refractivity contribution in [3.63, 3.8) is 0 Å². The standard InChI is InChI=1S/C19H15BrN2O3/c1-23-19-10-14(9-15(12-21)13-22)5-6-18(19)25-8-7-24-17-4-2-3-16(20)11-17/h2-6,9-11H,7-8H2,1H3. The van der Waals surface area contributed by atoms with Gasteiger partial charge in [0.15, 0.2) is 11.5 Å². The molecule has 6 heteroatoms. The predicted molar refractivity (Wildman–Crippen MR) is 97.3 cm³/mol. The zero-order valence-electron chi connectivity index (χ0n) is 13.5. The van der Waals surface area contributed by atoms with E-state index in [9.17, 15) is 0 Å². The molecule has 0 bridgehead atoms. The highest BCUT2D eigenvalue weighted by Gasteiger charge is 2.06. The molecule has 0 aliphatic heterocycles. The van der Waals surface area contributed by atoms with E-state index in [0.717, 1.165) is 10.2 Å². The normalized spacial score (nSPS) is 9.44. The Balaban J connectivity index is 1.97. The van der Waals surface area contributed by atoms with Crippen LogP contribution in [0.5, 0.6) is 17.2 Å². The largest absolute Gasteiger partial charge is 0.493 e. The van der Waals surface area contributed by atoms with E-state index < -0.39 is 0 Å². The highest BCUT2D eigenvalue weighted by atomic mass is 79.9. The van der Waals surface area contributed by atoms with Crippen molar-refractivity contribution in [3.8, 4) is 29.4 Å². The van der Waals surface area contributed by atoms with E-state index in [1.165, 1.54) is 13.2 Å². The molecule has 2 aromatic carbocycles. The maximum Gasteiger partial charge on any atom is 0.161 e. The van der Waals surface area contributed by atoms with Gasteiger partial charge in [0.05, 0.1) is 7.11 Å². The van der Waals surface area contributed by atoms with Gasteiger partial charge >= 0.3 is 0 Å². The van der Waals surface area contributed by atoms with Crippen molar-refractivity contribution in [1.29, 1.82) is 10.5 Å². The van der Waals surface area contributed by atoms with Crippen LogP contribution in [0.25, 0.3) is 6.08 Å². The molecule has 2 rings (SSSR count). The lowest BCUT2D eigenvalue weighted by Crippen LogP contribution is -2.09. The van der Waals surface area contributed by atoms with Crippen molar-refractivity contribution < 1.29 is 14.2 Å². The SMILES string of the molecule is COc1cc(C=C(C#N)C#N)ccc1OCCOc1cccc(Br)c1. The van der Waals surface area contributed by atoms with E-state index in [-0.39, 0.29) is 5.57 Å². The second-order valence-electron chi connectivity index (χ2n) is 4.85. The number of rotatable bonds is 7. The molecule has 0 N–H and O–H groups in total. The molecule has 0 unspecified atom stereocenters. The first kappa shape index (κ1) is 18.4. The van der Waals surface area contributed by atoms with Crippen LogP contribution in [0.4, 0.5) is 0 Å². The van der Waals surface area contributed by atoms with Gasteiger partial charge in [-0.25, -0.2) is 0 Å². The third-order valence-electron chi connectivity index (χ3n) is 3.15. The van der Waals surface area contributed by atoms with Gasteiger partial charge in [-0.3, -0.25) is 0 Å². The van der Waals surface area contributed by atoms with E-state index in [4.69, 9.17) is 24.7 Å². The van der Waals surface area contributed by atoms with Gasteiger partial charge in [0.2, 0.25) is 0 Å². The molecular weight excluding hydrogens is 384 g/mol. The van der Waals surface area contributed by atoms with Gasteiger partial charge in [0, 0.05) is 4.47 Å². The van der Waals surface area contributed by atoms with Crippen LogP contribution in [0.1, 0.15) is 5.56 Å². The summed E-state index contributed by atoms with van der Waals surface area (Å²) < 4.78 is 17.5. The number of hydrogen-bond acceptors (Lipinski definition) is 5. The molecule has 25 heavy (non-hydrogen) atoms. The first-order valence-corrected chi connectivity index (χ1v) is 8.16. The average molecular weight is 399 g/mol. The Bertz CT molecular complexity index is 834. The van der Waals surface area contributed by atoms with Gasteiger partial charge in [0.25, 0.3) is 0 Å². The van der Waals surface area contributed by atoms with Gasteiger partial charge in [-0.1, -0.05) is 28.1 Å². The van der Waals surface area contributed by atoms with Crippen LogP contribution in [-0.2, 0) is 0 Å². The summed E-state index contributed by atoms with van der Waals surface area (Å²) in [6.07, 6.45) is 1.49. The molecule has 0 saturated carbocycles. The Morgan fingerprint density at radius 3 is 2.48 bits per heavy atom. The number of halogens is 1. The van der Waals surface area contributed by atoms with Crippen LogP contribution in [0.15, 0.2) is 52.5 Å². The molecule has 0 aliphatic carbocycles. The minimum absolute atomic E-state index is 0.0261. The smallest absolute Gasteiger partial charge is 0.161 e. The molecule has 0 amide bonds. The molecule has 2 aromatic rings. The number of benzene rings is 2. The molecule has 0 saturated heterocycles. The van der Waals surface area contributed by atoms with Crippen LogP contribution < -0.4 is 14.2 Å². The molecule has 0 heterocycles. The van der Waals surface area contributed by atoms with Crippen LogP contribution in [-0.4, -0.2) is 20.3 Å². The van der Waals surface area contributed by atoms with E-state index in [2.05, 4.69) is 15.9 Å². The number of nitriles is 2. The third kappa shape index (κ3) is 5.56. The quantitative estimate of drug-likeness (QED) is 0.511. The summed E-state index contributed by atoms with van der Waals surface area (Å²) in [6, 6.07) is 16.4. The Kier molecular flexibility index (Phi) is 6.88. The summed E-state index contributed by atoms with van der Waals surface area (Å²) in [5, 5.41) is 17.6. The van der Waals surface area contributed by atoms with Crippen LogP contribution in [0, 0.1) is 22.7 Å². The number of ether oxygens (including phenoxy) is 3.